The lowest BCUT2D eigenvalue weighted by molar-refractivity contribution is -0.175. The molecule has 7 nitrogen and oxygen atoms in total. The van der Waals surface area contributed by atoms with Gasteiger partial charge in [0.1, 0.15) is 23.9 Å². The van der Waals surface area contributed by atoms with Gasteiger partial charge in [-0.3, -0.25) is 19.7 Å². The minimum Gasteiger partial charge on any atom is -0.460 e. The van der Waals surface area contributed by atoms with E-state index in [0.29, 0.717) is 0 Å². The summed E-state index contributed by atoms with van der Waals surface area (Å²) >= 11 is 0. The van der Waals surface area contributed by atoms with E-state index in [4.69, 9.17) is 14.2 Å². The van der Waals surface area contributed by atoms with Crippen LogP contribution in [-0.2, 0) is 40.7 Å². The average Bonchev–Trinajstić information content (AvgIpc) is 3.04. The molecule has 47 heavy (non-hydrogen) atoms. The van der Waals surface area contributed by atoms with E-state index >= 15 is 0 Å². The minimum atomic E-state index is -1.42. The number of hydrogen-bond donors (Lipinski definition) is 1. The molecule has 0 saturated carbocycles. The van der Waals surface area contributed by atoms with Gasteiger partial charge in [-0.25, -0.2) is 0 Å². The lowest BCUT2D eigenvalue weighted by Gasteiger charge is -2.40. The van der Waals surface area contributed by atoms with Crippen LogP contribution in [0, 0.1) is 5.92 Å². The SMILES string of the molecule is CC(C)(C)OC(=O)C(C[C@H](NC(c1ccccc1)(c1ccccc1)c1ccccc1)C(=O)OCc1ccccc1)C(=O)OC(C)(C)C. The van der Waals surface area contributed by atoms with E-state index < -0.39 is 46.6 Å². The predicted molar refractivity (Wildman–Crippen MR) is 182 cm³/mol. The fourth-order valence-electron chi connectivity index (χ4n) is 5.39. The predicted octanol–water partition coefficient (Wildman–Crippen LogP) is 7.37. The van der Waals surface area contributed by atoms with Gasteiger partial charge in [-0.15, -0.1) is 0 Å². The van der Waals surface area contributed by atoms with Crippen LogP contribution < -0.4 is 5.32 Å². The summed E-state index contributed by atoms with van der Waals surface area (Å²) in [6.07, 6.45) is -0.272. The van der Waals surface area contributed by atoms with Crippen molar-refractivity contribution in [1.82, 2.24) is 5.32 Å². The number of esters is 3. The van der Waals surface area contributed by atoms with Gasteiger partial charge in [0, 0.05) is 0 Å². The average molecular weight is 636 g/mol. The quantitative estimate of drug-likeness (QED) is 0.0752. The second-order valence-corrected chi connectivity index (χ2v) is 13.5. The first-order valence-corrected chi connectivity index (χ1v) is 15.9. The van der Waals surface area contributed by atoms with Crippen LogP contribution in [0.25, 0.3) is 0 Å². The van der Waals surface area contributed by atoms with Crippen molar-refractivity contribution in [3.8, 4) is 0 Å². The van der Waals surface area contributed by atoms with Crippen molar-refractivity contribution in [2.75, 3.05) is 0 Å². The number of carbonyl (C=O) groups excluding carboxylic acids is 3. The largest absolute Gasteiger partial charge is 0.460 e. The molecule has 0 spiro atoms. The molecule has 0 radical (unpaired) electrons. The molecular formula is C40H45NO6. The maximum absolute atomic E-state index is 14.3. The van der Waals surface area contributed by atoms with Crippen LogP contribution in [0.1, 0.15) is 70.2 Å². The summed E-state index contributed by atoms with van der Waals surface area (Å²) in [5.74, 6) is -3.60. The third-order valence-electron chi connectivity index (χ3n) is 7.37. The first kappa shape index (κ1) is 35.1. The van der Waals surface area contributed by atoms with E-state index in [1.807, 2.05) is 121 Å². The van der Waals surface area contributed by atoms with E-state index in [2.05, 4.69) is 5.32 Å². The van der Waals surface area contributed by atoms with Gasteiger partial charge in [-0.1, -0.05) is 121 Å². The molecule has 0 bridgehead atoms. The Hall–Kier alpha value is -4.75. The van der Waals surface area contributed by atoms with Gasteiger partial charge in [-0.05, 0) is 70.2 Å². The summed E-state index contributed by atoms with van der Waals surface area (Å²) < 4.78 is 17.3. The summed E-state index contributed by atoms with van der Waals surface area (Å²) in [6, 6.07) is 37.5. The molecule has 0 aliphatic rings. The van der Waals surface area contributed by atoms with Crippen LogP contribution in [0.3, 0.4) is 0 Å². The Balaban J connectivity index is 1.87. The van der Waals surface area contributed by atoms with Crippen molar-refractivity contribution in [3.05, 3.63) is 144 Å². The zero-order valence-electron chi connectivity index (χ0n) is 28.1. The van der Waals surface area contributed by atoms with Gasteiger partial charge in [0.25, 0.3) is 0 Å². The minimum absolute atomic E-state index is 0.0103. The monoisotopic (exact) mass is 635 g/mol. The molecule has 0 amide bonds. The first-order chi connectivity index (χ1) is 22.3. The van der Waals surface area contributed by atoms with Crippen molar-refractivity contribution in [1.29, 1.82) is 0 Å². The highest BCUT2D eigenvalue weighted by Gasteiger charge is 2.44. The first-order valence-electron chi connectivity index (χ1n) is 15.9. The Labute approximate surface area is 278 Å². The van der Waals surface area contributed by atoms with E-state index in [1.54, 1.807) is 41.5 Å². The van der Waals surface area contributed by atoms with Crippen molar-refractivity contribution < 1.29 is 28.6 Å². The van der Waals surface area contributed by atoms with Crippen molar-refractivity contribution >= 4 is 17.9 Å². The van der Waals surface area contributed by atoms with Crippen LogP contribution in [0.4, 0.5) is 0 Å². The molecule has 4 aromatic rings. The Kier molecular flexibility index (Phi) is 11.4. The van der Waals surface area contributed by atoms with Crippen molar-refractivity contribution in [3.63, 3.8) is 0 Å². The highest BCUT2D eigenvalue weighted by Crippen LogP contribution is 2.38. The molecule has 0 aromatic heterocycles. The number of ether oxygens (including phenoxy) is 3. The normalized spacial score (nSPS) is 12.7. The summed E-state index contributed by atoms with van der Waals surface area (Å²) in [5.41, 5.74) is 0.507. The van der Waals surface area contributed by atoms with Gasteiger partial charge in [0.05, 0.1) is 5.54 Å². The van der Waals surface area contributed by atoms with Crippen LogP contribution in [0.5, 0.6) is 0 Å². The molecule has 1 atom stereocenters. The Morgan fingerprint density at radius 1 is 0.553 bits per heavy atom. The molecule has 0 aliphatic heterocycles. The van der Waals surface area contributed by atoms with E-state index in [-0.39, 0.29) is 13.0 Å². The zero-order valence-corrected chi connectivity index (χ0v) is 28.1. The van der Waals surface area contributed by atoms with Crippen LogP contribution in [0.15, 0.2) is 121 Å². The lowest BCUT2D eigenvalue weighted by Crippen LogP contribution is -2.54. The fourth-order valence-corrected chi connectivity index (χ4v) is 5.39. The van der Waals surface area contributed by atoms with E-state index in [0.717, 1.165) is 22.3 Å². The van der Waals surface area contributed by atoms with Crippen LogP contribution >= 0.6 is 0 Å². The Bertz CT molecular complexity index is 1470. The van der Waals surface area contributed by atoms with Gasteiger partial charge in [-0.2, -0.15) is 0 Å². The maximum atomic E-state index is 14.3. The molecule has 0 fully saturated rings. The van der Waals surface area contributed by atoms with Crippen molar-refractivity contribution in [2.24, 2.45) is 5.92 Å². The van der Waals surface area contributed by atoms with Gasteiger partial charge < -0.3 is 14.2 Å². The standard InChI is InChI=1S/C40H45NO6/c1-38(2,3)46-35(42)33(36(43)47-39(4,5)6)27-34(37(44)45-28-29-19-11-7-12-20-29)41-40(30-21-13-8-14-22-30,31-23-15-9-16-24-31)32-25-17-10-18-26-32/h7-26,33-34,41H,27-28H2,1-6H3/t34-/m0/s1. The molecule has 0 aliphatic carbocycles. The van der Waals surface area contributed by atoms with Crippen LogP contribution in [0.2, 0.25) is 0 Å². The molecule has 0 unspecified atom stereocenters. The summed E-state index contributed by atoms with van der Waals surface area (Å²) in [5, 5.41) is 3.63. The second kappa shape index (κ2) is 15.2. The molecule has 246 valence electrons. The molecule has 1 N–H and O–H groups in total. The fraction of sp³-hybridized carbons (Fsp3) is 0.325. The lowest BCUT2D eigenvalue weighted by atomic mass is 9.76. The molecule has 4 rings (SSSR count). The highest BCUT2D eigenvalue weighted by molar-refractivity contribution is 5.96. The smallest absolute Gasteiger partial charge is 0.323 e. The van der Waals surface area contributed by atoms with E-state index in [1.165, 1.54) is 0 Å². The molecule has 0 heterocycles. The van der Waals surface area contributed by atoms with Crippen LogP contribution in [-0.4, -0.2) is 35.2 Å². The number of rotatable bonds is 12. The molecule has 7 heteroatoms. The number of carbonyl (C=O) groups is 3. The third kappa shape index (κ3) is 9.63. The van der Waals surface area contributed by atoms with Gasteiger partial charge in [0.2, 0.25) is 0 Å². The van der Waals surface area contributed by atoms with Gasteiger partial charge in [0.15, 0.2) is 5.92 Å². The third-order valence-corrected chi connectivity index (χ3v) is 7.37. The Morgan fingerprint density at radius 3 is 1.28 bits per heavy atom. The maximum Gasteiger partial charge on any atom is 0.323 e. The number of benzene rings is 4. The van der Waals surface area contributed by atoms with Gasteiger partial charge >= 0.3 is 17.9 Å². The Morgan fingerprint density at radius 2 is 0.915 bits per heavy atom. The molecule has 4 aromatic carbocycles. The second-order valence-electron chi connectivity index (χ2n) is 13.5. The summed E-state index contributed by atoms with van der Waals surface area (Å²) in [7, 11) is 0. The summed E-state index contributed by atoms with van der Waals surface area (Å²) in [4.78, 5) is 41.6. The van der Waals surface area contributed by atoms with Crippen molar-refractivity contribution in [2.45, 2.75) is 77.4 Å². The molecule has 0 saturated heterocycles. The zero-order chi connectivity index (χ0) is 34.1. The number of nitrogens with one attached hydrogen (secondary N) is 1. The highest BCUT2D eigenvalue weighted by atomic mass is 16.6. The summed E-state index contributed by atoms with van der Waals surface area (Å²) in [6.45, 7) is 10.4. The molecular weight excluding hydrogens is 590 g/mol. The number of hydrogen-bond acceptors (Lipinski definition) is 7. The topological polar surface area (TPSA) is 90.9 Å². The van der Waals surface area contributed by atoms with E-state index in [9.17, 15) is 14.4 Å².